The highest BCUT2D eigenvalue weighted by atomic mass is 35.5. The molecule has 1 N–H and O–H groups in total. The molecule has 0 unspecified atom stereocenters. The van der Waals surface area contributed by atoms with Gasteiger partial charge in [0, 0.05) is 25.2 Å². The van der Waals surface area contributed by atoms with Gasteiger partial charge in [0.25, 0.3) is 5.69 Å². The molecule has 2 rings (SSSR count). The zero-order valence-electron chi connectivity index (χ0n) is 13.5. The minimum absolute atomic E-state index is 0.00811. The first-order valence-electron chi connectivity index (χ1n) is 7.16. The smallest absolute Gasteiger partial charge is 0.273 e. The maximum Gasteiger partial charge on any atom is 0.273 e. The summed E-state index contributed by atoms with van der Waals surface area (Å²) in [4.78, 5) is 10.5. The van der Waals surface area contributed by atoms with Crippen molar-refractivity contribution in [2.75, 3.05) is 12.4 Å². The van der Waals surface area contributed by atoms with Crippen LogP contribution in [0, 0.1) is 17.0 Å². The summed E-state index contributed by atoms with van der Waals surface area (Å²) in [5.74, 6) is 0.684. The first kappa shape index (κ1) is 17.1. The second-order valence-corrected chi connectivity index (χ2v) is 5.55. The molecule has 0 aliphatic carbocycles. The zero-order chi connectivity index (χ0) is 17.1. The Bertz CT molecular complexity index is 743. The van der Waals surface area contributed by atoms with Crippen LogP contribution < -0.4 is 10.1 Å². The molecule has 0 saturated carbocycles. The van der Waals surface area contributed by atoms with Gasteiger partial charge in [-0.15, -0.1) is 0 Å². The number of hydrogen-bond acceptors (Lipinski definition) is 5. The lowest BCUT2D eigenvalue weighted by Crippen LogP contribution is -2.05. The van der Waals surface area contributed by atoms with Crippen molar-refractivity contribution < 1.29 is 9.66 Å². The van der Waals surface area contributed by atoms with Crippen LogP contribution in [-0.4, -0.2) is 21.8 Å². The van der Waals surface area contributed by atoms with Crippen molar-refractivity contribution in [3.8, 4) is 5.88 Å². The molecule has 0 saturated heterocycles. The van der Waals surface area contributed by atoms with Gasteiger partial charge in [0.15, 0.2) is 0 Å². The SMILES string of the molecule is CCc1nn(C)c(OC)c1CNc1cc(C)c([N+](=O)[O-])cc1Cl. The number of rotatable bonds is 6. The Labute approximate surface area is 139 Å². The minimum atomic E-state index is -0.440. The summed E-state index contributed by atoms with van der Waals surface area (Å²) in [5, 5.41) is 18.9. The highest BCUT2D eigenvalue weighted by molar-refractivity contribution is 6.33. The van der Waals surface area contributed by atoms with Crippen LogP contribution in [0.15, 0.2) is 12.1 Å². The number of aryl methyl sites for hydroxylation is 3. The van der Waals surface area contributed by atoms with E-state index >= 15 is 0 Å². The van der Waals surface area contributed by atoms with Crippen molar-refractivity contribution >= 4 is 23.0 Å². The van der Waals surface area contributed by atoms with Gasteiger partial charge in [-0.2, -0.15) is 5.10 Å². The van der Waals surface area contributed by atoms with E-state index in [2.05, 4.69) is 10.4 Å². The molecule has 0 aliphatic rings. The fourth-order valence-electron chi connectivity index (χ4n) is 2.51. The van der Waals surface area contributed by atoms with E-state index in [1.807, 2.05) is 14.0 Å². The van der Waals surface area contributed by atoms with Gasteiger partial charge in [0.2, 0.25) is 5.88 Å². The predicted molar refractivity (Wildman–Crippen MR) is 89.3 cm³/mol. The van der Waals surface area contributed by atoms with Gasteiger partial charge in [0.05, 0.1) is 34.0 Å². The average molecular weight is 339 g/mol. The van der Waals surface area contributed by atoms with E-state index in [1.165, 1.54) is 6.07 Å². The van der Waals surface area contributed by atoms with Gasteiger partial charge in [-0.05, 0) is 19.4 Å². The molecule has 23 heavy (non-hydrogen) atoms. The van der Waals surface area contributed by atoms with Crippen LogP contribution in [0.5, 0.6) is 5.88 Å². The lowest BCUT2D eigenvalue weighted by molar-refractivity contribution is -0.385. The fourth-order valence-corrected chi connectivity index (χ4v) is 2.73. The van der Waals surface area contributed by atoms with Gasteiger partial charge in [-0.3, -0.25) is 10.1 Å². The highest BCUT2D eigenvalue weighted by Crippen LogP contribution is 2.31. The standard InChI is InChI=1S/C15H19ClN4O3/c1-5-12-10(15(23-4)19(3)18-12)8-17-13-6-9(2)14(20(21)22)7-11(13)16/h6-7,17H,5,8H2,1-4H3. The lowest BCUT2D eigenvalue weighted by Gasteiger charge is -2.11. The lowest BCUT2D eigenvalue weighted by atomic mass is 10.1. The number of benzene rings is 1. The van der Waals surface area contributed by atoms with Gasteiger partial charge < -0.3 is 10.1 Å². The Kier molecular flexibility index (Phi) is 5.10. The number of halogens is 1. The molecule has 0 spiro atoms. The Balaban J connectivity index is 2.28. The van der Waals surface area contributed by atoms with E-state index in [4.69, 9.17) is 16.3 Å². The van der Waals surface area contributed by atoms with Gasteiger partial charge >= 0.3 is 0 Å². The molecule has 0 bridgehead atoms. The van der Waals surface area contributed by atoms with E-state index in [1.54, 1.807) is 24.8 Å². The van der Waals surface area contributed by atoms with Crippen LogP contribution in [0.3, 0.4) is 0 Å². The first-order valence-corrected chi connectivity index (χ1v) is 7.53. The monoisotopic (exact) mass is 338 g/mol. The molecular weight excluding hydrogens is 320 g/mol. The number of methoxy groups -OCH3 is 1. The summed E-state index contributed by atoms with van der Waals surface area (Å²) in [7, 11) is 3.42. The number of nitrogens with one attached hydrogen (secondary N) is 1. The number of aromatic nitrogens is 2. The summed E-state index contributed by atoms with van der Waals surface area (Å²) in [5.41, 5.74) is 3.09. The van der Waals surface area contributed by atoms with Crippen molar-refractivity contribution in [3.05, 3.63) is 44.1 Å². The molecular formula is C15H19ClN4O3. The zero-order valence-corrected chi connectivity index (χ0v) is 14.3. The molecule has 0 aliphatic heterocycles. The van der Waals surface area contributed by atoms with Crippen molar-refractivity contribution in [1.82, 2.24) is 9.78 Å². The van der Waals surface area contributed by atoms with Crippen LogP contribution in [0.2, 0.25) is 5.02 Å². The summed E-state index contributed by atoms with van der Waals surface area (Å²) in [6, 6.07) is 3.04. The summed E-state index contributed by atoms with van der Waals surface area (Å²) in [6.07, 6.45) is 0.779. The average Bonchev–Trinajstić information content (AvgIpc) is 2.82. The van der Waals surface area contributed by atoms with Crippen LogP contribution >= 0.6 is 11.6 Å². The van der Waals surface area contributed by atoms with Crippen molar-refractivity contribution in [1.29, 1.82) is 0 Å². The normalized spacial score (nSPS) is 10.7. The highest BCUT2D eigenvalue weighted by Gasteiger charge is 2.18. The number of nitro benzene ring substituents is 1. The Morgan fingerprint density at radius 3 is 2.74 bits per heavy atom. The third-order valence-corrected chi connectivity index (χ3v) is 3.95. The number of nitrogens with zero attached hydrogens (tertiary/aromatic N) is 3. The van der Waals surface area contributed by atoms with Gasteiger partial charge in [-0.1, -0.05) is 18.5 Å². The molecule has 0 fully saturated rings. The molecule has 1 heterocycles. The van der Waals surface area contributed by atoms with Crippen molar-refractivity contribution in [2.45, 2.75) is 26.8 Å². The number of nitro groups is 1. The molecule has 1 aromatic heterocycles. The Hall–Kier alpha value is -2.28. The third-order valence-electron chi connectivity index (χ3n) is 3.64. The summed E-state index contributed by atoms with van der Waals surface area (Å²) < 4.78 is 7.08. The van der Waals surface area contributed by atoms with E-state index in [-0.39, 0.29) is 5.69 Å². The molecule has 1 aromatic carbocycles. The van der Waals surface area contributed by atoms with Gasteiger partial charge in [-0.25, -0.2) is 4.68 Å². The molecule has 0 radical (unpaired) electrons. The topological polar surface area (TPSA) is 82.2 Å². The second kappa shape index (κ2) is 6.87. The molecule has 0 amide bonds. The van der Waals surface area contributed by atoms with Crippen LogP contribution in [0.1, 0.15) is 23.7 Å². The molecule has 0 atom stereocenters. The molecule has 124 valence electrons. The van der Waals surface area contributed by atoms with E-state index in [0.717, 1.165) is 17.7 Å². The molecule has 2 aromatic rings. The summed E-state index contributed by atoms with van der Waals surface area (Å²) >= 11 is 6.15. The fraction of sp³-hybridized carbons (Fsp3) is 0.400. The van der Waals surface area contributed by atoms with Crippen LogP contribution in [-0.2, 0) is 20.0 Å². The van der Waals surface area contributed by atoms with E-state index < -0.39 is 4.92 Å². The minimum Gasteiger partial charge on any atom is -0.481 e. The van der Waals surface area contributed by atoms with Crippen LogP contribution in [0.4, 0.5) is 11.4 Å². The third kappa shape index (κ3) is 3.39. The first-order chi connectivity index (χ1) is 10.9. The summed E-state index contributed by atoms with van der Waals surface area (Å²) in [6.45, 7) is 4.17. The maximum absolute atomic E-state index is 10.9. The molecule has 8 heteroatoms. The maximum atomic E-state index is 10.9. The van der Waals surface area contributed by atoms with Crippen molar-refractivity contribution in [3.63, 3.8) is 0 Å². The molecule has 7 nitrogen and oxygen atoms in total. The Morgan fingerprint density at radius 2 is 2.17 bits per heavy atom. The second-order valence-electron chi connectivity index (χ2n) is 5.14. The number of ether oxygens (including phenoxy) is 1. The van der Waals surface area contributed by atoms with E-state index in [9.17, 15) is 10.1 Å². The van der Waals surface area contributed by atoms with Crippen molar-refractivity contribution in [2.24, 2.45) is 7.05 Å². The quantitative estimate of drug-likeness (QED) is 0.644. The Morgan fingerprint density at radius 1 is 1.48 bits per heavy atom. The number of anilines is 1. The van der Waals surface area contributed by atoms with Gasteiger partial charge in [0.1, 0.15) is 0 Å². The van der Waals surface area contributed by atoms with Crippen LogP contribution in [0.25, 0.3) is 0 Å². The predicted octanol–water partition coefficient (Wildman–Crippen LogP) is 3.47. The van der Waals surface area contributed by atoms with E-state index in [0.29, 0.717) is 28.7 Å². The number of hydrogen-bond donors (Lipinski definition) is 1. The largest absolute Gasteiger partial charge is 0.481 e.